The van der Waals surface area contributed by atoms with E-state index < -0.39 is 16.8 Å². The minimum absolute atomic E-state index is 0.146. The molecule has 0 bridgehead atoms. The monoisotopic (exact) mass is 344 g/mol. The van der Waals surface area contributed by atoms with Crippen LogP contribution in [-0.2, 0) is 20.7 Å². The van der Waals surface area contributed by atoms with Crippen LogP contribution in [0.1, 0.15) is 25.0 Å². The van der Waals surface area contributed by atoms with Crippen LogP contribution in [0.3, 0.4) is 0 Å². The van der Waals surface area contributed by atoms with Crippen molar-refractivity contribution in [2.24, 2.45) is 0 Å². The predicted octanol–water partition coefficient (Wildman–Crippen LogP) is 3.81. The van der Waals surface area contributed by atoms with Gasteiger partial charge in [-0.1, -0.05) is 12.1 Å². The third-order valence-electron chi connectivity index (χ3n) is 3.94. The predicted molar refractivity (Wildman–Crippen MR) is 92.2 cm³/mol. The first-order valence-corrected chi connectivity index (χ1v) is 9.03. The van der Waals surface area contributed by atoms with Crippen LogP contribution >= 0.6 is 0 Å². The maximum absolute atomic E-state index is 13.2. The van der Waals surface area contributed by atoms with Gasteiger partial charge in [0.15, 0.2) is 10.5 Å². The lowest BCUT2D eigenvalue weighted by molar-refractivity contribution is -0.125. The quantitative estimate of drug-likeness (QED) is 0.796. The summed E-state index contributed by atoms with van der Waals surface area (Å²) in [5.41, 5.74) is 0.795. The highest BCUT2D eigenvalue weighted by Gasteiger charge is 2.42. The lowest BCUT2D eigenvalue weighted by Crippen LogP contribution is -2.29. The first kappa shape index (κ1) is 16.7. The first-order valence-electron chi connectivity index (χ1n) is 7.47. The van der Waals surface area contributed by atoms with E-state index in [1.54, 1.807) is 56.5 Å². The summed E-state index contributed by atoms with van der Waals surface area (Å²) in [6, 6.07) is 12.9. The second-order valence-electron chi connectivity index (χ2n) is 6.13. The Labute approximate surface area is 143 Å². The van der Waals surface area contributed by atoms with Crippen molar-refractivity contribution in [3.63, 3.8) is 0 Å². The van der Waals surface area contributed by atoms with E-state index in [0.717, 1.165) is 5.56 Å². The molecule has 1 atom stereocenters. The molecular formula is C19H17FO3S. The molecule has 0 amide bonds. The number of Topliss-reactive ketones (excluding diaryl/α,β-unsaturated/α-hetero) is 1. The van der Waals surface area contributed by atoms with Crippen LogP contribution in [0.5, 0.6) is 0 Å². The van der Waals surface area contributed by atoms with Crippen molar-refractivity contribution in [1.29, 1.82) is 0 Å². The van der Waals surface area contributed by atoms with Crippen molar-refractivity contribution in [3.8, 4) is 0 Å². The van der Waals surface area contributed by atoms with Crippen LogP contribution in [0.4, 0.5) is 4.39 Å². The fourth-order valence-corrected chi connectivity index (χ4v) is 3.16. The standard InChI is InChI=1S/C19H17FO3S/c1-19(2)18(21)16(12-4-8-14(20)9-5-12)17(23-19)13-6-10-15(11-7-13)24(3)22/h4-11H,1-3H3. The van der Waals surface area contributed by atoms with Crippen molar-refractivity contribution >= 4 is 28.3 Å². The largest absolute Gasteiger partial charge is 0.612 e. The van der Waals surface area contributed by atoms with Crippen LogP contribution in [0.2, 0.25) is 0 Å². The summed E-state index contributed by atoms with van der Waals surface area (Å²) in [5.74, 6) is -0.0430. The number of carbonyl (C=O) groups is 1. The van der Waals surface area contributed by atoms with Crippen LogP contribution in [-0.4, -0.2) is 22.2 Å². The fraction of sp³-hybridized carbons (Fsp3) is 0.211. The van der Waals surface area contributed by atoms with Gasteiger partial charge < -0.3 is 9.29 Å². The van der Waals surface area contributed by atoms with Crippen molar-refractivity contribution in [2.75, 3.05) is 6.26 Å². The number of ketones is 1. The molecule has 5 heteroatoms. The first-order chi connectivity index (χ1) is 11.3. The molecule has 3 nitrogen and oxygen atoms in total. The Morgan fingerprint density at radius 1 is 1.00 bits per heavy atom. The van der Waals surface area contributed by atoms with E-state index in [1.807, 2.05) is 0 Å². The van der Waals surface area contributed by atoms with Gasteiger partial charge in [-0.05, 0) is 67.0 Å². The molecule has 0 aliphatic carbocycles. The zero-order valence-electron chi connectivity index (χ0n) is 13.6. The fourth-order valence-electron chi connectivity index (χ4n) is 2.64. The maximum Gasteiger partial charge on any atom is 0.210 e. The Kier molecular flexibility index (Phi) is 4.24. The average Bonchev–Trinajstić information content (AvgIpc) is 2.79. The van der Waals surface area contributed by atoms with Crippen molar-refractivity contribution in [3.05, 3.63) is 65.5 Å². The normalized spacial score (nSPS) is 17.8. The molecule has 0 spiro atoms. The summed E-state index contributed by atoms with van der Waals surface area (Å²) >= 11 is -1.07. The van der Waals surface area contributed by atoms with Crippen LogP contribution < -0.4 is 0 Å². The summed E-state index contributed by atoms with van der Waals surface area (Å²) in [7, 11) is 0. The number of carbonyl (C=O) groups excluding carboxylic acids is 1. The number of rotatable bonds is 3. The van der Waals surface area contributed by atoms with Gasteiger partial charge in [-0.2, -0.15) is 0 Å². The smallest absolute Gasteiger partial charge is 0.210 e. The number of hydrogen-bond donors (Lipinski definition) is 0. The molecule has 0 saturated carbocycles. The zero-order chi connectivity index (χ0) is 17.5. The van der Waals surface area contributed by atoms with E-state index in [9.17, 15) is 13.7 Å². The molecule has 1 aliphatic rings. The van der Waals surface area contributed by atoms with Gasteiger partial charge in [-0.3, -0.25) is 4.79 Å². The molecule has 2 aromatic carbocycles. The van der Waals surface area contributed by atoms with Gasteiger partial charge in [0.25, 0.3) is 0 Å². The maximum atomic E-state index is 13.2. The molecule has 24 heavy (non-hydrogen) atoms. The summed E-state index contributed by atoms with van der Waals surface area (Å²) in [5, 5.41) is 0. The summed E-state index contributed by atoms with van der Waals surface area (Å²) in [6.45, 7) is 3.42. The highest BCUT2D eigenvalue weighted by Crippen LogP contribution is 2.41. The van der Waals surface area contributed by atoms with Crippen molar-refractivity contribution < 1.29 is 18.5 Å². The van der Waals surface area contributed by atoms with E-state index >= 15 is 0 Å². The molecular weight excluding hydrogens is 327 g/mol. The Morgan fingerprint density at radius 2 is 1.54 bits per heavy atom. The Balaban J connectivity index is 2.12. The van der Waals surface area contributed by atoms with Gasteiger partial charge >= 0.3 is 0 Å². The molecule has 1 heterocycles. The van der Waals surface area contributed by atoms with E-state index in [1.165, 1.54) is 12.1 Å². The second kappa shape index (κ2) is 6.07. The van der Waals surface area contributed by atoms with Crippen LogP contribution in [0, 0.1) is 5.82 Å². The number of benzene rings is 2. The molecule has 3 rings (SSSR count). The zero-order valence-corrected chi connectivity index (χ0v) is 14.4. The van der Waals surface area contributed by atoms with Gasteiger partial charge in [-0.25, -0.2) is 4.39 Å². The van der Waals surface area contributed by atoms with E-state index in [4.69, 9.17) is 4.74 Å². The highest BCUT2D eigenvalue weighted by molar-refractivity contribution is 7.90. The number of hydrogen-bond acceptors (Lipinski definition) is 3. The number of ether oxygens (including phenoxy) is 1. The minimum Gasteiger partial charge on any atom is -0.612 e. The lowest BCUT2D eigenvalue weighted by Gasteiger charge is -2.18. The lowest BCUT2D eigenvalue weighted by atomic mass is 9.92. The summed E-state index contributed by atoms with van der Waals surface area (Å²) in [6.07, 6.45) is 1.61. The molecule has 0 saturated heterocycles. The Hall–Kier alpha value is -2.11. The van der Waals surface area contributed by atoms with E-state index in [2.05, 4.69) is 0 Å². The third kappa shape index (κ3) is 2.97. The molecule has 0 aromatic heterocycles. The molecule has 0 N–H and O–H groups in total. The molecule has 0 fully saturated rings. The van der Waals surface area contributed by atoms with E-state index in [0.29, 0.717) is 21.8 Å². The Morgan fingerprint density at radius 3 is 2.08 bits per heavy atom. The van der Waals surface area contributed by atoms with Crippen molar-refractivity contribution in [2.45, 2.75) is 24.3 Å². The van der Waals surface area contributed by atoms with Crippen LogP contribution in [0.15, 0.2) is 53.4 Å². The Bertz CT molecular complexity index is 806. The summed E-state index contributed by atoms with van der Waals surface area (Å²) < 4.78 is 30.6. The molecule has 1 unspecified atom stereocenters. The summed E-state index contributed by atoms with van der Waals surface area (Å²) in [4.78, 5) is 13.4. The SMILES string of the molecule is C[S+]([O-])c1ccc(C2=C(c3ccc(F)cc3)C(=O)C(C)(C)O2)cc1. The second-order valence-corrected chi connectivity index (χ2v) is 7.51. The molecule has 1 aliphatic heterocycles. The third-order valence-corrected chi connectivity index (χ3v) is 4.88. The van der Waals surface area contributed by atoms with Gasteiger partial charge in [-0.15, -0.1) is 0 Å². The van der Waals surface area contributed by atoms with Crippen molar-refractivity contribution in [1.82, 2.24) is 0 Å². The topological polar surface area (TPSA) is 49.4 Å². The molecule has 2 aromatic rings. The average molecular weight is 344 g/mol. The highest BCUT2D eigenvalue weighted by atomic mass is 32.2. The number of halogens is 1. The van der Waals surface area contributed by atoms with Gasteiger partial charge in [0.1, 0.15) is 17.8 Å². The molecule has 0 radical (unpaired) electrons. The van der Waals surface area contributed by atoms with Crippen LogP contribution in [0.25, 0.3) is 11.3 Å². The van der Waals surface area contributed by atoms with E-state index in [-0.39, 0.29) is 11.6 Å². The van der Waals surface area contributed by atoms with Gasteiger partial charge in [0.05, 0.1) is 5.57 Å². The van der Waals surface area contributed by atoms with Gasteiger partial charge in [0, 0.05) is 5.56 Å². The minimum atomic E-state index is -1.07. The van der Waals surface area contributed by atoms with Gasteiger partial charge in [0.2, 0.25) is 5.78 Å². The molecule has 124 valence electrons.